The second-order valence-electron chi connectivity index (χ2n) is 6.18. The van der Waals surface area contributed by atoms with E-state index in [4.69, 9.17) is 23.2 Å². The quantitative estimate of drug-likeness (QED) is 0.446. The highest BCUT2D eigenvalue weighted by atomic mass is 35.5. The number of fused-ring (bicyclic) bond motifs is 1. The summed E-state index contributed by atoms with van der Waals surface area (Å²) < 4.78 is 1.81. The molecule has 2 aromatic heterocycles. The zero-order valence-electron chi connectivity index (χ0n) is 14.7. The van der Waals surface area contributed by atoms with Gasteiger partial charge in [-0.3, -0.25) is 9.59 Å². The molecule has 4 rings (SSSR count). The summed E-state index contributed by atoms with van der Waals surface area (Å²) in [6.45, 7) is 0. The molecule has 0 aliphatic carbocycles. The number of para-hydroxylation sites is 1. The number of thiophene rings is 1. The summed E-state index contributed by atoms with van der Waals surface area (Å²) in [5.74, 6) is 0.00641. The lowest BCUT2D eigenvalue weighted by molar-refractivity contribution is 0.102. The number of hydrogen-bond acceptors (Lipinski definition) is 3. The van der Waals surface area contributed by atoms with E-state index in [0.29, 0.717) is 21.8 Å². The number of nitrogens with one attached hydrogen (secondary N) is 1. The molecule has 4 nitrogen and oxygen atoms in total. The monoisotopic (exact) mass is 428 g/mol. The summed E-state index contributed by atoms with van der Waals surface area (Å²) in [5, 5.41) is 6.06. The third kappa shape index (κ3) is 3.22. The molecule has 0 bridgehead atoms. The number of rotatable bonds is 3. The zero-order valence-corrected chi connectivity index (χ0v) is 17.0. The Morgan fingerprint density at radius 2 is 1.86 bits per heavy atom. The van der Waals surface area contributed by atoms with Gasteiger partial charge in [0.2, 0.25) is 0 Å². The van der Waals surface area contributed by atoms with E-state index in [9.17, 15) is 9.59 Å². The van der Waals surface area contributed by atoms with Crippen molar-refractivity contribution in [3.63, 3.8) is 0 Å². The van der Waals surface area contributed by atoms with Crippen molar-refractivity contribution < 1.29 is 4.79 Å². The third-order valence-electron chi connectivity index (χ3n) is 4.48. The Kier molecular flexibility index (Phi) is 4.98. The number of halogens is 2. The molecule has 140 valence electrons. The number of hydrogen-bond donors (Lipinski definition) is 1. The van der Waals surface area contributed by atoms with E-state index in [1.54, 1.807) is 18.2 Å². The van der Waals surface area contributed by atoms with Crippen LogP contribution in [0.2, 0.25) is 10.0 Å². The Hall–Kier alpha value is -2.60. The van der Waals surface area contributed by atoms with E-state index < -0.39 is 5.91 Å². The number of carbonyl (C=O) groups is 1. The van der Waals surface area contributed by atoms with Crippen LogP contribution in [0.15, 0.2) is 64.8 Å². The van der Waals surface area contributed by atoms with Crippen LogP contribution >= 0.6 is 34.5 Å². The molecular weight excluding hydrogens is 415 g/mol. The average Bonchev–Trinajstić information content (AvgIpc) is 3.20. The molecule has 2 aromatic carbocycles. The van der Waals surface area contributed by atoms with Crippen molar-refractivity contribution in [2.45, 2.75) is 0 Å². The van der Waals surface area contributed by atoms with E-state index in [0.717, 1.165) is 10.4 Å². The van der Waals surface area contributed by atoms with Gasteiger partial charge in [-0.25, -0.2) is 0 Å². The van der Waals surface area contributed by atoms with Crippen molar-refractivity contribution in [1.82, 2.24) is 4.57 Å². The Morgan fingerprint density at radius 1 is 1.07 bits per heavy atom. The van der Waals surface area contributed by atoms with Gasteiger partial charge in [0.1, 0.15) is 5.82 Å². The number of aromatic nitrogens is 1. The summed E-state index contributed by atoms with van der Waals surface area (Å²) in [7, 11) is 1.82. The first-order valence-corrected chi connectivity index (χ1v) is 10.0. The summed E-state index contributed by atoms with van der Waals surface area (Å²) in [6.07, 6.45) is 0. The fourth-order valence-corrected chi connectivity index (χ4v) is 4.40. The molecule has 0 atom stereocenters. The molecule has 4 aromatic rings. The van der Waals surface area contributed by atoms with Gasteiger partial charge in [0.05, 0.1) is 21.7 Å². The molecule has 1 amide bonds. The first kappa shape index (κ1) is 18.7. The lowest BCUT2D eigenvalue weighted by Gasteiger charge is -2.18. The van der Waals surface area contributed by atoms with E-state index in [1.165, 1.54) is 17.4 Å². The van der Waals surface area contributed by atoms with Crippen LogP contribution in [0.25, 0.3) is 21.3 Å². The third-order valence-corrected chi connectivity index (χ3v) is 5.92. The predicted molar refractivity (Wildman–Crippen MR) is 117 cm³/mol. The first-order chi connectivity index (χ1) is 13.5. The van der Waals surface area contributed by atoms with Gasteiger partial charge in [-0.1, -0.05) is 41.4 Å². The van der Waals surface area contributed by atoms with Crippen LogP contribution in [0.3, 0.4) is 0 Å². The summed E-state index contributed by atoms with van der Waals surface area (Å²) in [5.41, 5.74) is 1.33. The molecule has 0 spiro atoms. The number of aryl methyl sites for hydroxylation is 1. The van der Waals surface area contributed by atoms with Crippen molar-refractivity contribution >= 4 is 57.2 Å². The van der Waals surface area contributed by atoms with Gasteiger partial charge in [0, 0.05) is 22.3 Å². The molecule has 1 N–H and O–H groups in total. The minimum atomic E-state index is -0.412. The highest BCUT2D eigenvalue weighted by Crippen LogP contribution is 2.32. The second-order valence-corrected chi connectivity index (χ2v) is 7.98. The zero-order chi connectivity index (χ0) is 19.8. The van der Waals surface area contributed by atoms with Gasteiger partial charge >= 0.3 is 0 Å². The lowest BCUT2D eigenvalue weighted by Crippen LogP contribution is -2.21. The largest absolute Gasteiger partial charge is 0.330 e. The van der Waals surface area contributed by atoms with Gasteiger partial charge in [0.25, 0.3) is 5.91 Å². The fourth-order valence-electron chi connectivity index (χ4n) is 3.13. The number of amides is 1. The number of anilines is 1. The maximum Gasteiger partial charge on any atom is 0.258 e. The Morgan fingerprint density at radius 3 is 2.57 bits per heavy atom. The van der Waals surface area contributed by atoms with Crippen LogP contribution in [-0.4, -0.2) is 10.5 Å². The van der Waals surface area contributed by atoms with Gasteiger partial charge in [-0.05, 0) is 41.8 Å². The molecular formula is C21H14Cl2N2O2S. The molecule has 2 heterocycles. The normalized spacial score (nSPS) is 11.0. The maximum absolute atomic E-state index is 13.2. The second kappa shape index (κ2) is 7.43. The van der Waals surface area contributed by atoms with Crippen molar-refractivity contribution in [3.05, 3.63) is 85.8 Å². The topological polar surface area (TPSA) is 51.1 Å². The molecule has 0 aliphatic heterocycles. The van der Waals surface area contributed by atoms with E-state index >= 15 is 0 Å². The van der Waals surface area contributed by atoms with Gasteiger partial charge < -0.3 is 9.88 Å². The molecule has 0 aliphatic rings. The standard InChI is InChI=1S/C21H14Cl2N2O2S/c1-25-16-6-3-2-5-14(16)19(26)18(17-7-4-10-28-17)20(25)24-21(27)13-9-8-12(22)11-15(13)23/h2-11H,1H3,(H,24,27). The van der Waals surface area contributed by atoms with Gasteiger partial charge in [-0.2, -0.15) is 0 Å². The van der Waals surface area contributed by atoms with E-state index in [-0.39, 0.29) is 16.0 Å². The Balaban J connectivity index is 1.93. The molecule has 0 unspecified atom stereocenters. The fraction of sp³-hybridized carbons (Fsp3) is 0.0476. The van der Waals surface area contributed by atoms with Gasteiger partial charge in [0.15, 0.2) is 5.43 Å². The van der Waals surface area contributed by atoms with Crippen molar-refractivity contribution in [2.75, 3.05) is 5.32 Å². The van der Waals surface area contributed by atoms with Crippen LogP contribution in [0, 0.1) is 0 Å². The molecule has 0 radical (unpaired) electrons. The SMILES string of the molecule is Cn1c(NC(=O)c2ccc(Cl)cc2Cl)c(-c2cccs2)c(=O)c2ccccc21. The summed E-state index contributed by atoms with van der Waals surface area (Å²) in [6, 6.07) is 15.7. The van der Waals surface area contributed by atoms with Crippen LogP contribution in [0.5, 0.6) is 0 Å². The van der Waals surface area contributed by atoms with Crippen LogP contribution in [0.1, 0.15) is 10.4 Å². The number of carbonyl (C=O) groups excluding carboxylic acids is 1. The summed E-state index contributed by atoms with van der Waals surface area (Å²) >= 11 is 13.6. The minimum absolute atomic E-state index is 0.131. The highest BCUT2D eigenvalue weighted by molar-refractivity contribution is 7.13. The minimum Gasteiger partial charge on any atom is -0.330 e. The molecule has 7 heteroatoms. The highest BCUT2D eigenvalue weighted by Gasteiger charge is 2.20. The van der Waals surface area contributed by atoms with Crippen molar-refractivity contribution in [1.29, 1.82) is 0 Å². The van der Waals surface area contributed by atoms with Gasteiger partial charge in [-0.15, -0.1) is 11.3 Å². The lowest BCUT2D eigenvalue weighted by atomic mass is 10.1. The number of benzene rings is 2. The van der Waals surface area contributed by atoms with Crippen molar-refractivity contribution in [3.8, 4) is 10.4 Å². The predicted octanol–water partition coefficient (Wildman–Crippen LogP) is 5.83. The molecule has 0 fully saturated rings. The molecule has 28 heavy (non-hydrogen) atoms. The van der Waals surface area contributed by atoms with E-state index in [1.807, 2.05) is 47.3 Å². The van der Waals surface area contributed by atoms with E-state index in [2.05, 4.69) is 5.32 Å². The van der Waals surface area contributed by atoms with Crippen molar-refractivity contribution in [2.24, 2.45) is 7.05 Å². The maximum atomic E-state index is 13.2. The summed E-state index contributed by atoms with van der Waals surface area (Å²) in [4.78, 5) is 26.9. The molecule has 0 saturated heterocycles. The average molecular weight is 429 g/mol. The number of nitrogens with zero attached hydrogens (tertiary/aromatic N) is 1. The number of pyridine rings is 1. The van der Waals surface area contributed by atoms with Crippen LogP contribution in [-0.2, 0) is 7.05 Å². The van der Waals surface area contributed by atoms with Crippen LogP contribution in [0.4, 0.5) is 5.82 Å². The smallest absolute Gasteiger partial charge is 0.258 e. The first-order valence-electron chi connectivity index (χ1n) is 8.39. The molecule has 0 saturated carbocycles. The Labute approximate surface area is 175 Å². The Bertz CT molecular complexity index is 1260. The van der Waals surface area contributed by atoms with Crippen LogP contribution < -0.4 is 10.7 Å².